The first-order valence-electron chi connectivity index (χ1n) is 5.97. The number of sulfonamides is 1. The van der Waals surface area contributed by atoms with E-state index in [0.29, 0.717) is 0 Å². The molecule has 1 atom stereocenters. The van der Waals surface area contributed by atoms with Crippen LogP contribution in [0.2, 0.25) is 0 Å². The number of hydrogen-bond acceptors (Lipinski definition) is 4. The van der Waals surface area contributed by atoms with Crippen LogP contribution in [-0.2, 0) is 14.8 Å². The van der Waals surface area contributed by atoms with Crippen LogP contribution in [0.15, 0.2) is 29.2 Å². The number of likely N-dealkylation sites (N-methyl/N-ethyl adjacent to an activating group) is 1. The quantitative estimate of drug-likeness (QED) is 0.691. The number of nitrogens with two attached hydrogens (primary N) is 1. The molecule has 6 nitrogen and oxygen atoms in total. The SMILES string of the molecule is CCNCC(=O)NC(C)c1ccc(S(N)(=O)=O)cc1. The molecule has 7 heteroatoms. The first-order chi connectivity index (χ1) is 8.84. The fourth-order valence-corrected chi connectivity index (χ4v) is 2.08. The zero-order valence-corrected chi connectivity index (χ0v) is 11.8. The van der Waals surface area contributed by atoms with Crippen molar-refractivity contribution in [1.29, 1.82) is 0 Å². The molecule has 0 spiro atoms. The van der Waals surface area contributed by atoms with Gasteiger partial charge >= 0.3 is 0 Å². The highest BCUT2D eigenvalue weighted by molar-refractivity contribution is 7.89. The monoisotopic (exact) mass is 285 g/mol. The minimum absolute atomic E-state index is 0.0578. The molecule has 106 valence electrons. The van der Waals surface area contributed by atoms with Gasteiger partial charge in [0.15, 0.2) is 0 Å². The number of nitrogens with one attached hydrogen (secondary N) is 2. The zero-order chi connectivity index (χ0) is 14.5. The lowest BCUT2D eigenvalue weighted by atomic mass is 10.1. The van der Waals surface area contributed by atoms with Gasteiger partial charge in [-0.25, -0.2) is 13.6 Å². The van der Waals surface area contributed by atoms with Gasteiger partial charge < -0.3 is 10.6 Å². The molecule has 1 amide bonds. The molecular weight excluding hydrogens is 266 g/mol. The molecular formula is C12H19N3O3S. The summed E-state index contributed by atoms with van der Waals surface area (Å²) in [7, 11) is -3.68. The number of benzene rings is 1. The van der Waals surface area contributed by atoms with E-state index in [1.807, 2.05) is 13.8 Å². The molecule has 0 bridgehead atoms. The predicted octanol–water partition coefficient (Wildman–Crippen LogP) is 0.121. The Morgan fingerprint density at radius 2 is 1.89 bits per heavy atom. The molecule has 1 aromatic carbocycles. The third-order valence-electron chi connectivity index (χ3n) is 2.62. The molecule has 0 aliphatic carbocycles. The van der Waals surface area contributed by atoms with E-state index in [1.165, 1.54) is 12.1 Å². The number of primary sulfonamides is 1. The lowest BCUT2D eigenvalue weighted by Crippen LogP contribution is -2.35. The Morgan fingerprint density at radius 1 is 1.32 bits per heavy atom. The van der Waals surface area contributed by atoms with Gasteiger partial charge in [-0.2, -0.15) is 0 Å². The van der Waals surface area contributed by atoms with Gasteiger partial charge in [0.2, 0.25) is 15.9 Å². The molecule has 0 saturated carbocycles. The van der Waals surface area contributed by atoms with Crippen molar-refractivity contribution in [3.63, 3.8) is 0 Å². The minimum atomic E-state index is -3.68. The summed E-state index contributed by atoms with van der Waals surface area (Å²) in [5.41, 5.74) is 0.817. The van der Waals surface area contributed by atoms with Crippen LogP contribution in [0.4, 0.5) is 0 Å². The van der Waals surface area contributed by atoms with Crippen LogP contribution in [0, 0.1) is 0 Å². The molecule has 0 aliphatic rings. The summed E-state index contributed by atoms with van der Waals surface area (Å²) in [4.78, 5) is 11.6. The predicted molar refractivity (Wildman–Crippen MR) is 72.9 cm³/mol. The standard InChI is InChI=1S/C12H19N3O3S/c1-3-14-8-12(16)15-9(2)10-4-6-11(7-5-10)19(13,17)18/h4-7,9,14H,3,8H2,1-2H3,(H,15,16)(H2,13,17,18). The smallest absolute Gasteiger partial charge is 0.238 e. The lowest BCUT2D eigenvalue weighted by molar-refractivity contribution is -0.120. The second kappa shape index (κ2) is 6.65. The van der Waals surface area contributed by atoms with Crippen molar-refractivity contribution in [3.8, 4) is 0 Å². The highest BCUT2D eigenvalue weighted by Crippen LogP contribution is 2.15. The first-order valence-corrected chi connectivity index (χ1v) is 7.52. The molecule has 4 N–H and O–H groups in total. The molecule has 0 saturated heterocycles. The van der Waals surface area contributed by atoms with Crippen LogP contribution >= 0.6 is 0 Å². The van der Waals surface area contributed by atoms with Crippen LogP contribution in [-0.4, -0.2) is 27.4 Å². The maximum absolute atomic E-state index is 11.5. The van der Waals surface area contributed by atoms with Gasteiger partial charge in [-0.3, -0.25) is 4.79 Å². The summed E-state index contributed by atoms with van der Waals surface area (Å²) >= 11 is 0. The second-order valence-corrected chi connectivity index (χ2v) is 5.74. The highest BCUT2D eigenvalue weighted by atomic mass is 32.2. The average Bonchev–Trinajstić information content (AvgIpc) is 2.35. The van der Waals surface area contributed by atoms with Gasteiger partial charge in [0.05, 0.1) is 17.5 Å². The molecule has 0 fully saturated rings. The molecule has 0 aromatic heterocycles. The maximum atomic E-state index is 11.5. The molecule has 19 heavy (non-hydrogen) atoms. The lowest BCUT2D eigenvalue weighted by Gasteiger charge is -2.14. The second-order valence-electron chi connectivity index (χ2n) is 4.18. The Kier molecular flexibility index (Phi) is 5.46. The van der Waals surface area contributed by atoms with Crippen molar-refractivity contribution in [2.45, 2.75) is 24.8 Å². The molecule has 0 radical (unpaired) electrons. The summed E-state index contributed by atoms with van der Waals surface area (Å²) in [6.07, 6.45) is 0. The van der Waals surface area contributed by atoms with Crippen molar-refractivity contribution in [2.24, 2.45) is 5.14 Å². The van der Waals surface area contributed by atoms with Crippen LogP contribution in [0.5, 0.6) is 0 Å². The van der Waals surface area contributed by atoms with E-state index in [9.17, 15) is 13.2 Å². The van der Waals surface area contributed by atoms with Gasteiger partial charge in [0, 0.05) is 0 Å². The largest absolute Gasteiger partial charge is 0.348 e. The third kappa shape index (κ3) is 4.98. The normalized spacial score (nSPS) is 13.0. The number of hydrogen-bond donors (Lipinski definition) is 3. The Bertz CT molecular complexity index is 526. The summed E-state index contributed by atoms with van der Waals surface area (Å²) in [5.74, 6) is -0.107. The zero-order valence-electron chi connectivity index (χ0n) is 11.0. The number of rotatable bonds is 6. The van der Waals surface area contributed by atoms with Crippen molar-refractivity contribution in [1.82, 2.24) is 10.6 Å². The van der Waals surface area contributed by atoms with Crippen molar-refractivity contribution >= 4 is 15.9 Å². The van der Waals surface area contributed by atoms with Crippen LogP contribution < -0.4 is 15.8 Å². The van der Waals surface area contributed by atoms with E-state index in [4.69, 9.17) is 5.14 Å². The van der Waals surface area contributed by atoms with E-state index < -0.39 is 10.0 Å². The van der Waals surface area contributed by atoms with Crippen molar-refractivity contribution in [3.05, 3.63) is 29.8 Å². The topological polar surface area (TPSA) is 101 Å². The molecule has 1 aromatic rings. The Balaban J connectivity index is 2.68. The minimum Gasteiger partial charge on any atom is -0.348 e. The number of amides is 1. The molecule has 0 aliphatic heterocycles. The molecule has 1 unspecified atom stereocenters. The summed E-state index contributed by atoms with van der Waals surface area (Å²) < 4.78 is 22.2. The number of carbonyl (C=O) groups is 1. The van der Waals surface area contributed by atoms with Gasteiger partial charge in [-0.1, -0.05) is 19.1 Å². The first kappa shape index (κ1) is 15.6. The molecule has 0 heterocycles. The van der Waals surface area contributed by atoms with E-state index in [1.54, 1.807) is 12.1 Å². The summed E-state index contributed by atoms with van der Waals surface area (Å²) in [5, 5.41) is 10.7. The van der Waals surface area contributed by atoms with E-state index >= 15 is 0 Å². The van der Waals surface area contributed by atoms with E-state index in [-0.39, 0.29) is 23.4 Å². The average molecular weight is 285 g/mol. The van der Waals surface area contributed by atoms with Gasteiger partial charge in [0.1, 0.15) is 0 Å². The molecule has 1 rings (SSSR count). The van der Waals surface area contributed by atoms with E-state index in [2.05, 4.69) is 10.6 Å². The van der Waals surface area contributed by atoms with Crippen molar-refractivity contribution in [2.75, 3.05) is 13.1 Å². The Labute approximate surface area is 113 Å². The van der Waals surface area contributed by atoms with Crippen LogP contribution in [0.1, 0.15) is 25.5 Å². The fraction of sp³-hybridized carbons (Fsp3) is 0.417. The maximum Gasteiger partial charge on any atom is 0.238 e. The third-order valence-corrected chi connectivity index (χ3v) is 3.55. The van der Waals surface area contributed by atoms with Gasteiger partial charge in [-0.05, 0) is 31.2 Å². The fourth-order valence-electron chi connectivity index (χ4n) is 1.56. The Hall–Kier alpha value is -1.44. The van der Waals surface area contributed by atoms with Crippen LogP contribution in [0.25, 0.3) is 0 Å². The number of carbonyl (C=O) groups excluding carboxylic acids is 1. The summed E-state index contributed by atoms with van der Waals surface area (Å²) in [6, 6.07) is 5.94. The highest BCUT2D eigenvalue weighted by Gasteiger charge is 2.11. The summed E-state index contributed by atoms with van der Waals surface area (Å²) in [6.45, 7) is 4.74. The van der Waals surface area contributed by atoms with Gasteiger partial charge in [0.25, 0.3) is 0 Å². The van der Waals surface area contributed by atoms with Crippen LogP contribution in [0.3, 0.4) is 0 Å². The van der Waals surface area contributed by atoms with E-state index in [0.717, 1.165) is 12.1 Å². The van der Waals surface area contributed by atoms with Crippen molar-refractivity contribution < 1.29 is 13.2 Å². The van der Waals surface area contributed by atoms with Gasteiger partial charge in [-0.15, -0.1) is 0 Å². The Morgan fingerprint density at radius 3 is 2.37 bits per heavy atom.